The second kappa shape index (κ2) is 5.18. The minimum Gasteiger partial charge on any atom is -0.497 e. The molecule has 0 atom stereocenters. The second-order valence-electron chi connectivity index (χ2n) is 4.23. The Labute approximate surface area is 95.4 Å². The van der Waals surface area contributed by atoms with Crippen LogP contribution in [0.4, 0.5) is 0 Å². The highest BCUT2D eigenvalue weighted by atomic mass is 16.5. The van der Waals surface area contributed by atoms with E-state index < -0.39 is 5.60 Å². The van der Waals surface area contributed by atoms with Crippen LogP contribution in [-0.2, 0) is 6.61 Å². The fourth-order valence-corrected chi connectivity index (χ4v) is 1.20. The van der Waals surface area contributed by atoms with Gasteiger partial charge in [-0.3, -0.25) is 0 Å². The summed E-state index contributed by atoms with van der Waals surface area (Å²) in [7, 11) is 1.56. The van der Waals surface area contributed by atoms with Crippen LogP contribution in [0, 0.1) is 0 Å². The highest BCUT2D eigenvalue weighted by molar-refractivity contribution is 5.39. The topological polar surface area (TPSA) is 58.9 Å². The largest absolute Gasteiger partial charge is 0.497 e. The van der Waals surface area contributed by atoms with E-state index in [0.29, 0.717) is 17.1 Å². The summed E-state index contributed by atoms with van der Waals surface area (Å²) in [5, 5.41) is 18.7. The lowest BCUT2D eigenvalue weighted by Gasteiger charge is -2.19. The Morgan fingerprint density at radius 1 is 1.31 bits per heavy atom. The van der Waals surface area contributed by atoms with Crippen LogP contribution in [0.25, 0.3) is 0 Å². The normalized spacial score (nSPS) is 11.3. The predicted octanol–water partition coefficient (Wildman–Crippen LogP) is 1.34. The van der Waals surface area contributed by atoms with E-state index in [1.807, 2.05) is 0 Å². The zero-order valence-electron chi connectivity index (χ0n) is 9.86. The molecule has 0 heterocycles. The van der Waals surface area contributed by atoms with E-state index in [-0.39, 0.29) is 13.2 Å². The number of aliphatic hydroxyl groups excluding tert-OH is 1. The number of ether oxygens (including phenoxy) is 2. The van der Waals surface area contributed by atoms with E-state index >= 15 is 0 Å². The summed E-state index contributed by atoms with van der Waals surface area (Å²) in [5.41, 5.74) is -0.254. The van der Waals surface area contributed by atoms with Crippen LogP contribution in [0.1, 0.15) is 19.4 Å². The number of benzene rings is 1. The predicted molar refractivity (Wildman–Crippen MR) is 60.7 cm³/mol. The molecule has 0 aliphatic rings. The molecule has 4 heteroatoms. The van der Waals surface area contributed by atoms with Crippen molar-refractivity contribution in [3.8, 4) is 11.5 Å². The molecule has 2 N–H and O–H groups in total. The van der Waals surface area contributed by atoms with E-state index in [2.05, 4.69) is 0 Å². The molecule has 0 spiro atoms. The first kappa shape index (κ1) is 12.8. The molecule has 0 radical (unpaired) electrons. The second-order valence-corrected chi connectivity index (χ2v) is 4.23. The maximum atomic E-state index is 9.53. The van der Waals surface area contributed by atoms with Gasteiger partial charge in [0, 0.05) is 5.56 Å². The number of methoxy groups -OCH3 is 1. The maximum absolute atomic E-state index is 9.53. The molecule has 16 heavy (non-hydrogen) atoms. The van der Waals surface area contributed by atoms with Gasteiger partial charge in [0.05, 0.1) is 19.3 Å². The van der Waals surface area contributed by atoms with Gasteiger partial charge >= 0.3 is 0 Å². The molecule has 0 aromatic heterocycles. The highest BCUT2D eigenvalue weighted by Crippen LogP contribution is 2.24. The molecule has 0 saturated heterocycles. The van der Waals surface area contributed by atoms with Crippen molar-refractivity contribution in [1.82, 2.24) is 0 Å². The van der Waals surface area contributed by atoms with Crippen molar-refractivity contribution in [2.45, 2.75) is 26.1 Å². The molecular formula is C12H18O4. The maximum Gasteiger partial charge on any atom is 0.125 e. The lowest BCUT2D eigenvalue weighted by Crippen LogP contribution is -2.28. The van der Waals surface area contributed by atoms with Crippen molar-refractivity contribution in [3.63, 3.8) is 0 Å². The SMILES string of the molecule is COc1ccc(OCC(C)(C)O)c(CO)c1. The fraction of sp³-hybridized carbons (Fsp3) is 0.500. The van der Waals surface area contributed by atoms with Gasteiger partial charge in [-0.15, -0.1) is 0 Å². The molecule has 0 bridgehead atoms. The third-order valence-electron chi connectivity index (χ3n) is 2.02. The van der Waals surface area contributed by atoms with Crippen molar-refractivity contribution >= 4 is 0 Å². The summed E-state index contributed by atoms with van der Waals surface area (Å²) in [6.45, 7) is 3.37. The Balaban J connectivity index is 2.79. The van der Waals surface area contributed by atoms with E-state index in [1.54, 1.807) is 39.2 Å². The molecule has 0 aliphatic heterocycles. The van der Waals surface area contributed by atoms with Gasteiger partial charge in [0.2, 0.25) is 0 Å². The zero-order valence-corrected chi connectivity index (χ0v) is 9.86. The first-order chi connectivity index (χ1) is 7.46. The van der Waals surface area contributed by atoms with Crippen LogP contribution in [-0.4, -0.2) is 29.5 Å². The molecule has 0 saturated carbocycles. The molecule has 90 valence electrons. The van der Waals surface area contributed by atoms with Crippen LogP contribution in [0.3, 0.4) is 0 Å². The van der Waals surface area contributed by atoms with Gasteiger partial charge in [0.25, 0.3) is 0 Å². The quantitative estimate of drug-likeness (QED) is 0.795. The standard InChI is InChI=1S/C12H18O4/c1-12(2,14)8-16-11-5-4-10(15-3)6-9(11)7-13/h4-6,13-14H,7-8H2,1-3H3. The summed E-state index contributed by atoms with van der Waals surface area (Å²) < 4.78 is 10.5. The zero-order chi connectivity index (χ0) is 12.2. The van der Waals surface area contributed by atoms with E-state index in [0.717, 1.165) is 0 Å². The molecule has 4 nitrogen and oxygen atoms in total. The van der Waals surface area contributed by atoms with Gasteiger partial charge in [-0.1, -0.05) is 0 Å². The fourth-order valence-electron chi connectivity index (χ4n) is 1.20. The first-order valence-corrected chi connectivity index (χ1v) is 5.09. The van der Waals surface area contributed by atoms with Crippen LogP contribution < -0.4 is 9.47 Å². The number of hydrogen-bond acceptors (Lipinski definition) is 4. The van der Waals surface area contributed by atoms with Gasteiger partial charge in [0.15, 0.2) is 0 Å². The molecule has 1 rings (SSSR count). The Morgan fingerprint density at radius 2 is 2.00 bits per heavy atom. The van der Waals surface area contributed by atoms with Crippen LogP contribution in [0.2, 0.25) is 0 Å². The Hall–Kier alpha value is -1.26. The lowest BCUT2D eigenvalue weighted by atomic mass is 10.1. The lowest BCUT2D eigenvalue weighted by molar-refractivity contribution is 0.0277. The summed E-state index contributed by atoms with van der Waals surface area (Å²) in [6.07, 6.45) is 0. The van der Waals surface area contributed by atoms with Crippen molar-refractivity contribution in [3.05, 3.63) is 23.8 Å². The molecule has 0 amide bonds. The van der Waals surface area contributed by atoms with E-state index in [4.69, 9.17) is 14.6 Å². The molecule has 1 aromatic carbocycles. The Bertz CT molecular complexity index is 341. The van der Waals surface area contributed by atoms with Crippen molar-refractivity contribution in [2.75, 3.05) is 13.7 Å². The average molecular weight is 226 g/mol. The summed E-state index contributed by atoms with van der Waals surface area (Å²) in [5.74, 6) is 1.23. The number of rotatable bonds is 5. The third kappa shape index (κ3) is 3.72. The van der Waals surface area contributed by atoms with Crippen LogP contribution >= 0.6 is 0 Å². The van der Waals surface area contributed by atoms with Crippen molar-refractivity contribution in [2.24, 2.45) is 0 Å². The minimum absolute atomic E-state index is 0.127. The average Bonchev–Trinajstić information content (AvgIpc) is 2.25. The Kier molecular flexibility index (Phi) is 4.15. The van der Waals surface area contributed by atoms with Gasteiger partial charge in [-0.25, -0.2) is 0 Å². The van der Waals surface area contributed by atoms with Gasteiger partial charge in [-0.2, -0.15) is 0 Å². The van der Waals surface area contributed by atoms with Crippen LogP contribution in [0.15, 0.2) is 18.2 Å². The molecule has 0 aliphatic carbocycles. The highest BCUT2D eigenvalue weighted by Gasteiger charge is 2.14. The van der Waals surface area contributed by atoms with Crippen molar-refractivity contribution in [1.29, 1.82) is 0 Å². The molecule has 0 fully saturated rings. The number of aliphatic hydroxyl groups is 2. The smallest absolute Gasteiger partial charge is 0.125 e. The van der Waals surface area contributed by atoms with Gasteiger partial charge in [0.1, 0.15) is 18.1 Å². The number of hydrogen-bond donors (Lipinski definition) is 2. The molecule has 1 aromatic rings. The van der Waals surface area contributed by atoms with Crippen LogP contribution in [0.5, 0.6) is 11.5 Å². The molecule has 0 unspecified atom stereocenters. The van der Waals surface area contributed by atoms with Gasteiger partial charge in [-0.05, 0) is 32.0 Å². The van der Waals surface area contributed by atoms with E-state index in [1.165, 1.54) is 0 Å². The Morgan fingerprint density at radius 3 is 2.50 bits per heavy atom. The monoisotopic (exact) mass is 226 g/mol. The minimum atomic E-state index is -0.896. The summed E-state index contributed by atoms with van der Waals surface area (Å²) in [4.78, 5) is 0. The third-order valence-corrected chi connectivity index (χ3v) is 2.02. The van der Waals surface area contributed by atoms with Gasteiger partial charge < -0.3 is 19.7 Å². The first-order valence-electron chi connectivity index (χ1n) is 5.09. The summed E-state index contributed by atoms with van der Waals surface area (Å²) >= 11 is 0. The molecular weight excluding hydrogens is 208 g/mol. The summed E-state index contributed by atoms with van der Waals surface area (Å²) in [6, 6.07) is 5.18. The van der Waals surface area contributed by atoms with Crippen molar-refractivity contribution < 1.29 is 19.7 Å². The van der Waals surface area contributed by atoms with E-state index in [9.17, 15) is 5.11 Å².